The van der Waals surface area contributed by atoms with Gasteiger partial charge in [0.25, 0.3) is 5.91 Å². The van der Waals surface area contributed by atoms with Crippen LogP contribution in [0.4, 0.5) is 4.79 Å². The van der Waals surface area contributed by atoms with E-state index >= 15 is 0 Å². The summed E-state index contributed by atoms with van der Waals surface area (Å²) < 4.78 is 7.22. The standard InChI is InChI=1S/C20H25N5O3/c1-11-9-15(28-5)12(2)8-14(11)18-17(13(3)23-20(27)24-18)19(26)22-10-16-21-6-7-25(16)4/h6-9,18H,10H2,1-5H3,(H,22,26)(H2,23,24,27)/t18-/m1/s1. The van der Waals surface area contributed by atoms with Crippen molar-refractivity contribution >= 4 is 11.9 Å². The maximum atomic E-state index is 13.0. The Morgan fingerprint density at radius 1 is 1.29 bits per heavy atom. The molecule has 1 aromatic carbocycles. The maximum Gasteiger partial charge on any atom is 0.319 e. The van der Waals surface area contributed by atoms with E-state index in [4.69, 9.17) is 4.74 Å². The summed E-state index contributed by atoms with van der Waals surface area (Å²) in [6.45, 7) is 5.89. The Morgan fingerprint density at radius 2 is 2.04 bits per heavy atom. The van der Waals surface area contributed by atoms with Crippen LogP contribution in [0.5, 0.6) is 5.75 Å². The number of aryl methyl sites for hydroxylation is 3. The first-order valence-corrected chi connectivity index (χ1v) is 8.99. The van der Waals surface area contributed by atoms with Gasteiger partial charge in [0.2, 0.25) is 0 Å². The molecule has 1 atom stereocenters. The highest BCUT2D eigenvalue weighted by molar-refractivity contribution is 5.98. The number of nitrogens with zero attached hydrogens (tertiary/aromatic N) is 2. The van der Waals surface area contributed by atoms with Crippen LogP contribution in [0.25, 0.3) is 0 Å². The van der Waals surface area contributed by atoms with E-state index in [2.05, 4.69) is 20.9 Å². The van der Waals surface area contributed by atoms with Crippen LogP contribution in [0.2, 0.25) is 0 Å². The minimum Gasteiger partial charge on any atom is -0.496 e. The second-order valence-corrected chi connectivity index (χ2v) is 6.89. The van der Waals surface area contributed by atoms with E-state index in [1.54, 1.807) is 20.2 Å². The minimum absolute atomic E-state index is 0.258. The Bertz CT molecular complexity index is 961. The number of hydrogen-bond acceptors (Lipinski definition) is 4. The molecule has 0 aliphatic carbocycles. The maximum absolute atomic E-state index is 13.0. The number of nitrogens with one attached hydrogen (secondary N) is 3. The number of ether oxygens (including phenoxy) is 1. The molecule has 2 aromatic rings. The van der Waals surface area contributed by atoms with Crippen molar-refractivity contribution in [3.63, 3.8) is 0 Å². The van der Waals surface area contributed by atoms with Gasteiger partial charge in [-0.2, -0.15) is 0 Å². The number of carbonyl (C=O) groups is 2. The summed E-state index contributed by atoms with van der Waals surface area (Å²) in [5, 5.41) is 8.47. The number of aromatic nitrogens is 2. The van der Waals surface area contributed by atoms with Crippen LogP contribution in [-0.4, -0.2) is 28.6 Å². The van der Waals surface area contributed by atoms with Crippen molar-refractivity contribution in [2.75, 3.05) is 7.11 Å². The third-order valence-electron chi connectivity index (χ3n) is 4.94. The minimum atomic E-state index is -0.556. The highest BCUT2D eigenvalue weighted by Gasteiger charge is 2.32. The molecule has 2 heterocycles. The van der Waals surface area contributed by atoms with E-state index in [0.29, 0.717) is 17.8 Å². The zero-order chi connectivity index (χ0) is 20.4. The summed E-state index contributed by atoms with van der Waals surface area (Å²) >= 11 is 0. The number of carbonyl (C=O) groups excluding carboxylic acids is 2. The summed E-state index contributed by atoms with van der Waals surface area (Å²) in [4.78, 5) is 29.3. The highest BCUT2D eigenvalue weighted by Crippen LogP contribution is 2.32. The van der Waals surface area contributed by atoms with Gasteiger partial charge < -0.3 is 25.3 Å². The van der Waals surface area contributed by atoms with E-state index in [9.17, 15) is 9.59 Å². The normalized spacial score (nSPS) is 16.5. The topological polar surface area (TPSA) is 97.3 Å². The number of hydrogen-bond donors (Lipinski definition) is 3. The van der Waals surface area contributed by atoms with Gasteiger partial charge in [0.05, 0.1) is 25.3 Å². The average Bonchev–Trinajstić information content (AvgIpc) is 3.05. The molecule has 1 aliphatic rings. The van der Waals surface area contributed by atoms with Crippen LogP contribution in [0.15, 0.2) is 35.8 Å². The predicted octanol–water partition coefficient (Wildman–Crippen LogP) is 1.99. The number of urea groups is 1. The van der Waals surface area contributed by atoms with Crippen molar-refractivity contribution in [1.82, 2.24) is 25.5 Å². The average molecular weight is 383 g/mol. The molecule has 0 saturated heterocycles. The van der Waals surface area contributed by atoms with Gasteiger partial charge in [0.1, 0.15) is 11.6 Å². The molecule has 8 heteroatoms. The molecule has 0 unspecified atom stereocenters. The van der Waals surface area contributed by atoms with Crippen LogP contribution in [0.1, 0.15) is 35.5 Å². The fraction of sp³-hybridized carbons (Fsp3) is 0.350. The first-order valence-electron chi connectivity index (χ1n) is 8.99. The molecule has 0 radical (unpaired) electrons. The van der Waals surface area contributed by atoms with E-state index in [0.717, 1.165) is 28.3 Å². The van der Waals surface area contributed by atoms with Crippen LogP contribution in [-0.2, 0) is 18.4 Å². The number of benzene rings is 1. The smallest absolute Gasteiger partial charge is 0.319 e. The molecule has 28 heavy (non-hydrogen) atoms. The molecule has 0 fully saturated rings. The van der Waals surface area contributed by atoms with E-state index in [1.165, 1.54) is 0 Å². The van der Waals surface area contributed by atoms with Gasteiger partial charge in [0.15, 0.2) is 0 Å². The largest absolute Gasteiger partial charge is 0.496 e. The number of methoxy groups -OCH3 is 1. The molecule has 3 amide bonds. The molecule has 0 bridgehead atoms. The van der Waals surface area contributed by atoms with Gasteiger partial charge in [0, 0.05) is 25.1 Å². The molecule has 148 valence electrons. The van der Waals surface area contributed by atoms with Crippen molar-refractivity contribution in [3.8, 4) is 5.75 Å². The molecular weight excluding hydrogens is 358 g/mol. The van der Waals surface area contributed by atoms with Gasteiger partial charge in [-0.1, -0.05) is 0 Å². The van der Waals surface area contributed by atoms with E-state index < -0.39 is 6.04 Å². The van der Waals surface area contributed by atoms with Crippen molar-refractivity contribution in [1.29, 1.82) is 0 Å². The summed E-state index contributed by atoms with van der Waals surface area (Å²) in [5.74, 6) is 1.25. The van der Waals surface area contributed by atoms with Crippen LogP contribution in [0.3, 0.4) is 0 Å². The summed E-state index contributed by atoms with van der Waals surface area (Å²) in [7, 11) is 3.49. The third kappa shape index (κ3) is 3.71. The Labute approximate surface area is 164 Å². The van der Waals surface area contributed by atoms with Crippen LogP contribution >= 0.6 is 0 Å². The number of allylic oxidation sites excluding steroid dienone is 1. The Kier molecular flexibility index (Phi) is 5.39. The molecule has 3 N–H and O–H groups in total. The van der Waals surface area contributed by atoms with Crippen LogP contribution in [0, 0.1) is 13.8 Å². The lowest BCUT2D eigenvalue weighted by molar-refractivity contribution is -0.118. The van der Waals surface area contributed by atoms with Crippen molar-refractivity contribution in [2.45, 2.75) is 33.4 Å². The van der Waals surface area contributed by atoms with Gasteiger partial charge in [-0.3, -0.25) is 4.79 Å². The quantitative estimate of drug-likeness (QED) is 0.736. The SMILES string of the molecule is COc1cc(C)c([C@H]2NC(=O)NC(C)=C2C(=O)NCc2nccn2C)cc1C. The van der Waals surface area contributed by atoms with E-state index in [-0.39, 0.29) is 11.9 Å². The number of rotatable bonds is 5. The van der Waals surface area contributed by atoms with E-state index in [1.807, 2.05) is 43.8 Å². The zero-order valence-corrected chi connectivity index (χ0v) is 16.7. The predicted molar refractivity (Wildman–Crippen MR) is 105 cm³/mol. The molecule has 0 saturated carbocycles. The summed E-state index contributed by atoms with van der Waals surface area (Å²) in [6, 6.07) is 2.97. The lowest BCUT2D eigenvalue weighted by Gasteiger charge is -2.30. The fourth-order valence-electron chi connectivity index (χ4n) is 3.39. The monoisotopic (exact) mass is 383 g/mol. The van der Waals surface area contributed by atoms with Crippen molar-refractivity contribution in [2.24, 2.45) is 7.05 Å². The van der Waals surface area contributed by atoms with Gasteiger partial charge in [-0.25, -0.2) is 9.78 Å². The second kappa shape index (κ2) is 7.75. The van der Waals surface area contributed by atoms with Gasteiger partial charge >= 0.3 is 6.03 Å². The zero-order valence-electron chi connectivity index (χ0n) is 16.7. The molecule has 1 aromatic heterocycles. The Morgan fingerprint density at radius 3 is 2.68 bits per heavy atom. The summed E-state index contributed by atoms with van der Waals surface area (Å²) in [5.41, 5.74) is 3.72. The number of imidazole rings is 1. The molecule has 1 aliphatic heterocycles. The lowest BCUT2D eigenvalue weighted by Crippen LogP contribution is -2.47. The fourth-order valence-corrected chi connectivity index (χ4v) is 3.39. The first-order chi connectivity index (χ1) is 13.3. The number of amides is 3. The summed E-state index contributed by atoms with van der Waals surface area (Å²) in [6.07, 6.45) is 3.50. The molecule has 3 rings (SSSR count). The third-order valence-corrected chi connectivity index (χ3v) is 4.94. The van der Waals surface area contributed by atoms with Gasteiger partial charge in [-0.05, 0) is 49.6 Å². The van der Waals surface area contributed by atoms with Gasteiger partial charge in [-0.15, -0.1) is 0 Å². The Hall–Kier alpha value is -3.29. The van der Waals surface area contributed by atoms with Crippen molar-refractivity contribution in [3.05, 3.63) is 58.3 Å². The second-order valence-electron chi connectivity index (χ2n) is 6.89. The molecule has 0 spiro atoms. The lowest BCUT2D eigenvalue weighted by atomic mass is 9.90. The Balaban J connectivity index is 1.94. The molecular formula is C20H25N5O3. The van der Waals surface area contributed by atoms with Crippen LogP contribution < -0.4 is 20.7 Å². The first kappa shape index (κ1) is 19.5. The van der Waals surface area contributed by atoms with Crippen molar-refractivity contribution < 1.29 is 14.3 Å². The molecule has 8 nitrogen and oxygen atoms in total. The highest BCUT2D eigenvalue weighted by atomic mass is 16.5.